The minimum atomic E-state index is 0.421. The van der Waals surface area contributed by atoms with Gasteiger partial charge >= 0.3 is 0 Å². The van der Waals surface area contributed by atoms with Crippen LogP contribution in [0.25, 0.3) is 0 Å². The summed E-state index contributed by atoms with van der Waals surface area (Å²) in [5, 5.41) is 3.65. The Labute approximate surface area is 119 Å². The van der Waals surface area contributed by atoms with E-state index in [1.54, 1.807) is 0 Å². The second-order valence-corrected chi connectivity index (χ2v) is 5.22. The van der Waals surface area contributed by atoms with Crippen LogP contribution in [0.3, 0.4) is 0 Å². The van der Waals surface area contributed by atoms with Crippen molar-refractivity contribution in [3.63, 3.8) is 0 Å². The molecule has 0 saturated carbocycles. The molecule has 0 aliphatic heterocycles. The zero-order valence-corrected chi connectivity index (χ0v) is 13.0. The Morgan fingerprint density at radius 2 is 1.58 bits per heavy atom. The Morgan fingerprint density at radius 3 is 2.05 bits per heavy atom. The lowest BCUT2D eigenvalue weighted by molar-refractivity contribution is 0.170. The van der Waals surface area contributed by atoms with Crippen molar-refractivity contribution in [2.24, 2.45) is 0 Å². The van der Waals surface area contributed by atoms with E-state index in [-0.39, 0.29) is 0 Å². The molecular formula is C17H30N2. The fourth-order valence-corrected chi connectivity index (χ4v) is 2.75. The minimum absolute atomic E-state index is 0.421. The van der Waals surface area contributed by atoms with Crippen LogP contribution in [-0.2, 0) is 0 Å². The standard InChI is InChI=1S/C17H30N2/c1-5-13-19(14-6-2)15(4)17(18-7-3)16-11-9-8-10-12-16/h8-12,15,17-18H,5-7,13-14H2,1-4H3. The maximum Gasteiger partial charge on any atom is 0.0475 e. The van der Waals surface area contributed by atoms with Crippen LogP contribution in [0, 0.1) is 0 Å². The molecule has 19 heavy (non-hydrogen) atoms. The highest BCUT2D eigenvalue weighted by atomic mass is 15.2. The summed E-state index contributed by atoms with van der Waals surface area (Å²) in [6.07, 6.45) is 2.44. The van der Waals surface area contributed by atoms with Crippen LogP contribution in [0.1, 0.15) is 52.1 Å². The molecule has 1 rings (SSSR count). The normalized spacial score (nSPS) is 14.6. The maximum atomic E-state index is 3.65. The van der Waals surface area contributed by atoms with E-state index in [9.17, 15) is 0 Å². The van der Waals surface area contributed by atoms with Crippen LogP contribution < -0.4 is 5.32 Å². The SMILES string of the molecule is CCCN(CCC)C(C)C(NCC)c1ccccc1. The molecule has 1 aromatic carbocycles. The Kier molecular flexibility index (Phi) is 7.76. The van der Waals surface area contributed by atoms with Crippen LogP contribution in [0.4, 0.5) is 0 Å². The molecule has 0 aromatic heterocycles. The molecule has 0 aliphatic carbocycles. The first kappa shape index (κ1) is 16.2. The first-order chi connectivity index (χ1) is 9.24. The molecule has 0 aliphatic rings. The third kappa shape index (κ3) is 4.96. The third-order valence-corrected chi connectivity index (χ3v) is 3.66. The number of likely N-dealkylation sites (N-methyl/N-ethyl adjacent to an activating group) is 1. The van der Waals surface area contributed by atoms with Gasteiger partial charge in [0.15, 0.2) is 0 Å². The van der Waals surface area contributed by atoms with Gasteiger partial charge in [-0.15, -0.1) is 0 Å². The summed E-state index contributed by atoms with van der Waals surface area (Å²) in [4.78, 5) is 2.61. The Hall–Kier alpha value is -0.860. The van der Waals surface area contributed by atoms with Crippen LogP contribution in [0.5, 0.6) is 0 Å². The molecule has 0 heterocycles. The van der Waals surface area contributed by atoms with Crippen LogP contribution in [0.15, 0.2) is 30.3 Å². The molecular weight excluding hydrogens is 232 g/mol. The molecule has 2 atom stereocenters. The van der Waals surface area contributed by atoms with Crippen molar-refractivity contribution >= 4 is 0 Å². The summed E-state index contributed by atoms with van der Waals surface area (Å²) >= 11 is 0. The van der Waals surface area contributed by atoms with Gasteiger partial charge in [-0.2, -0.15) is 0 Å². The van der Waals surface area contributed by atoms with Crippen molar-refractivity contribution in [2.45, 2.75) is 52.6 Å². The smallest absolute Gasteiger partial charge is 0.0475 e. The molecule has 0 bridgehead atoms. The second-order valence-electron chi connectivity index (χ2n) is 5.22. The number of benzene rings is 1. The predicted octanol–water partition coefficient (Wildman–Crippen LogP) is 3.85. The fourth-order valence-electron chi connectivity index (χ4n) is 2.75. The molecule has 108 valence electrons. The van der Waals surface area contributed by atoms with Crippen LogP contribution in [0.2, 0.25) is 0 Å². The Bertz CT molecular complexity index is 317. The van der Waals surface area contributed by atoms with Gasteiger partial charge in [0, 0.05) is 12.1 Å². The van der Waals surface area contributed by atoms with Crippen molar-refractivity contribution in [1.29, 1.82) is 0 Å². The van der Waals surface area contributed by atoms with E-state index in [1.807, 2.05) is 0 Å². The zero-order chi connectivity index (χ0) is 14.1. The van der Waals surface area contributed by atoms with Crippen molar-refractivity contribution in [3.8, 4) is 0 Å². The molecule has 2 heteroatoms. The number of rotatable bonds is 9. The molecule has 0 fully saturated rings. The van der Waals surface area contributed by atoms with Gasteiger partial charge in [0.2, 0.25) is 0 Å². The summed E-state index contributed by atoms with van der Waals surface area (Å²) < 4.78 is 0. The molecule has 1 N–H and O–H groups in total. The van der Waals surface area contributed by atoms with E-state index in [0.29, 0.717) is 12.1 Å². The molecule has 1 aromatic rings. The van der Waals surface area contributed by atoms with Gasteiger partial charge in [-0.05, 0) is 45.0 Å². The monoisotopic (exact) mass is 262 g/mol. The van der Waals surface area contributed by atoms with E-state index < -0.39 is 0 Å². The largest absolute Gasteiger partial charge is 0.309 e. The van der Waals surface area contributed by atoms with Gasteiger partial charge in [0.05, 0.1) is 0 Å². The summed E-state index contributed by atoms with van der Waals surface area (Å²) in [6, 6.07) is 11.8. The summed E-state index contributed by atoms with van der Waals surface area (Å²) in [5.74, 6) is 0. The average molecular weight is 262 g/mol. The first-order valence-corrected chi connectivity index (χ1v) is 7.76. The second kappa shape index (κ2) is 9.11. The van der Waals surface area contributed by atoms with E-state index >= 15 is 0 Å². The number of hydrogen-bond acceptors (Lipinski definition) is 2. The Balaban J connectivity index is 2.84. The minimum Gasteiger partial charge on any atom is -0.309 e. The maximum absolute atomic E-state index is 3.65. The van der Waals surface area contributed by atoms with Crippen LogP contribution >= 0.6 is 0 Å². The van der Waals surface area contributed by atoms with Gasteiger partial charge < -0.3 is 5.32 Å². The molecule has 0 saturated heterocycles. The number of nitrogens with zero attached hydrogens (tertiary/aromatic N) is 1. The van der Waals surface area contributed by atoms with Crippen molar-refractivity contribution in [1.82, 2.24) is 10.2 Å². The highest BCUT2D eigenvalue weighted by Crippen LogP contribution is 2.21. The topological polar surface area (TPSA) is 15.3 Å². The molecule has 0 spiro atoms. The van der Waals surface area contributed by atoms with Crippen molar-refractivity contribution in [2.75, 3.05) is 19.6 Å². The van der Waals surface area contributed by atoms with Gasteiger partial charge in [-0.3, -0.25) is 4.90 Å². The number of nitrogens with one attached hydrogen (secondary N) is 1. The van der Waals surface area contributed by atoms with Gasteiger partial charge in [-0.25, -0.2) is 0 Å². The quantitative estimate of drug-likeness (QED) is 0.727. The van der Waals surface area contributed by atoms with Crippen molar-refractivity contribution in [3.05, 3.63) is 35.9 Å². The van der Waals surface area contributed by atoms with Gasteiger partial charge in [0.25, 0.3) is 0 Å². The van der Waals surface area contributed by atoms with E-state index in [1.165, 1.54) is 31.5 Å². The van der Waals surface area contributed by atoms with Crippen LogP contribution in [-0.4, -0.2) is 30.6 Å². The molecule has 0 radical (unpaired) electrons. The van der Waals surface area contributed by atoms with Crippen molar-refractivity contribution < 1.29 is 0 Å². The lowest BCUT2D eigenvalue weighted by Crippen LogP contribution is -2.43. The first-order valence-electron chi connectivity index (χ1n) is 7.76. The highest BCUT2D eigenvalue weighted by Gasteiger charge is 2.23. The third-order valence-electron chi connectivity index (χ3n) is 3.66. The fraction of sp³-hybridized carbons (Fsp3) is 0.647. The van der Waals surface area contributed by atoms with E-state index in [4.69, 9.17) is 0 Å². The summed E-state index contributed by atoms with van der Waals surface area (Å²) in [6.45, 7) is 12.4. The zero-order valence-electron chi connectivity index (χ0n) is 13.0. The molecule has 2 unspecified atom stereocenters. The Morgan fingerprint density at radius 1 is 1.00 bits per heavy atom. The number of hydrogen-bond donors (Lipinski definition) is 1. The van der Waals surface area contributed by atoms with Gasteiger partial charge in [0.1, 0.15) is 0 Å². The summed E-state index contributed by atoms with van der Waals surface area (Å²) in [5.41, 5.74) is 1.40. The highest BCUT2D eigenvalue weighted by molar-refractivity contribution is 5.20. The predicted molar refractivity (Wildman–Crippen MR) is 84.5 cm³/mol. The lowest BCUT2D eigenvalue weighted by atomic mass is 9.98. The van der Waals surface area contributed by atoms with E-state index in [0.717, 1.165) is 6.54 Å². The average Bonchev–Trinajstić information content (AvgIpc) is 2.45. The molecule has 0 amide bonds. The van der Waals surface area contributed by atoms with E-state index in [2.05, 4.69) is 68.2 Å². The molecule has 2 nitrogen and oxygen atoms in total. The summed E-state index contributed by atoms with van der Waals surface area (Å²) in [7, 11) is 0. The lowest BCUT2D eigenvalue weighted by Gasteiger charge is -2.35. The van der Waals surface area contributed by atoms with Gasteiger partial charge in [-0.1, -0.05) is 51.1 Å².